The zero-order valence-corrected chi connectivity index (χ0v) is 16.1. The van der Waals surface area contributed by atoms with Crippen molar-refractivity contribution in [1.29, 1.82) is 0 Å². The third-order valence-electron chi connectivity index (χ3n) is 3.05. The number of ether oxygens (including phenoxy) is 2. The fraction of sp³-hybridized carbons (Fsp3) is 0.588. The van der Waals surface area contributed by atoms with Crippen LogP contribution in [-0.4, -0.2) is 53.3 Å². The first kappa shape index (κ1) is 21.6. The highest BCUT2D eigenvalue weighted by atomic mass is 32.2. The second kappa shape index (κ2) is 9.86. The van der Waals surface area contributed by atoms with E-state index in [4.69, 9.17) is 9.47 Å². The highest BCUT2D eigenvalue weighted by Gasteiger charge is 2.22. The lowest BCUT2D eigenvalue weighted by atomic mass is 10.1. The zero-order chi connectivity index (χ0) is 18.9. The molecule has 0 aliphatic carbocycles. The maximum absolute atomic E-state index is 12.2. The van der Waals surface area contributed by atoms with Crippen LogP contribution >= 0.6 is 0 Å². The summed E-state index contributed by atoms with van der Waals surface area (Å²) in [6.45, 7) is 7.41. The van der Waals surface area contributed by atoms with Crippen molar-refractivity contribution in [3.63, 3.8) is 0 Å². The highest BCUT2D eigenvalue weighted by molar-refractivity contribution is 7.89. The van der Waals surface area contributed by atoms with E-state index in [1.54, 1.807) is 27.9 Å². The van der Waals surface area contributed by atoms with E-state index in [1.165, 1.54) is 24.3 Å². The van der Waals surface area contributed by atoms with Crippen molar-refractivity contribution in [3.05, 3.63) is 29.8 Å². The van der Waals surface area contributed by atoms with Gasteiger partial charge in [0.15, 0.2) is 0 Å². The van der Waals surface area contributed by atoms with E-state index in [0.29, 0.717) is 38.3 Å². The number of hydrogen-bond donors (Lipinski definition) is 2. The van der Waals surface area contributed by atoms with Crippen molar-refractivity contribution >= 4 is 15.9 Å². The number of carbonyl (C=O) groups is 1. The van der Waals surface area contributed by atoms with Crippen molar-refractivity contribution in [2.75, 3.05) is 33.5 Å². The molecule has 0 heterocycles. The quantitative estimate of drug-likeness (QED) is 0.608. The van der Waals surface area contributed by atoms with Gasteiger partial charge in [0.05, 0.1) is 18.1 Å². The van der Waals surface area contributed by atoms with Crippen molar-refractivity contribution in [2.24, 2.45) is 0 Å². The minimum absolute atomic E-state index is 0.130. The van der Waals surface area contributed by atoms with Gasteiger partial charge in [-0.3, -0.25) is 4.79 Å². The van der Waals surface area contributed by atoms with Gasteiger partial charge in [-0.25, -0.2) is 13.1 Å². The molecule has 1 aromatic carbocycles. The number of amides is 1. The molecule has 0 unspecified atom stereocenters. The monoisotopic (exact) mass is 372 g/mol. The number of hydrogen-bond acceptors (Lipinski definition) is 5. The lowest BCUT2D eigenvalue weighted by molar-refractivity contribution is 0.0688. The molecule has 142 valence electrons. The molecule has 0 bridgehead atoms. The van der Waals surface area contributed by atoms with Gasteiger partial charge in [-0.2, -0.15) is 0 Å². The predicted octanol–water partition coefficient (Wildman–Crippen LogP) is 1.55. The van der Waals surface area contributed by atoms with Crippen molar-refractivity contribution < 1.29 is 22.7 Å². The number of sulfonamides is 1. The average Bonchev–Trinajstić information content (AvgIpc) is 2.51. The molecule has 0 aliphatic rings. The van der Waals surface area contributed by atoms with Crippen LogP contribution in [0.2, 0.25) is 0 Å². The molecular formula is C17H28N2O5S. The van der Waals surface area contributed by atoms with Crippen LogP contribution < -0.4 is 10.0 Å². The lowest BCUT2D eigenvalue weighted by Gasteiger charge is -2.20. The summed E-state index contributed by atoms with van der Waals surface area (Å²) in [4.78, 5) is 12.2. The maximum atomic E-state index is 12.2. The first-order valence-corrected chi connectivity index (χ1v) is 9.63. The Morgan fingerprint density at radius 1 is 1.08 bits per heavy atom. The van der Waals surface area contributed by atoms with Gasteiger partial charge >= 0.3 is 0 Å². The fourth-order valence-corrected chi connectivity index (χ4v) is 3.39. The van der Waals surface area contributed by atoms with Crippen molar-refractivity contribution in [2.45, 2.75) is 37.6 Å². The zero-order valence-electron chi connectivity index (χ0n) is 15.3. The van der Waals surface area contributed by atoms with Gasteiger partial charge in [0.25, 0.3) is 5.91 Å². The molecule has 1 rings (SSSR count). The first-order chi connectivity index (χ1) is 11.7. The Morgan fingerprint density at radius 2 is 1.72 bits per heavy atom. The van der Waals surface area contributed by atoms with Crippen LogP contribution in [0.25, 0.3) is 0 Å². The Balaban J connectivity index is 2.49. The molecular weight excluding hydrogens is 344 g/mol. The van der Waals surface area contributed by atoms with Gasteiger partial charge in [-0.05, 0) is 51.5 Å². The molecule has 1 aromatic rings. The Bertz CT molecular complexity index is 636. The molecule has 0 saturated heterocycles. The predicted molar refractivity (Wildman–Crippen MR) is 96.2 cm³/mol. The Hall–Kier alpha value is -1.48. The van der Waals surface area contributed by atoms with E-state index in [1.807, 2.05) is 0 Å². The largest absolute Gasteiger partial charge is 0.382 e. The van der Waals surface area contributed by atoms with E-state index in [2.05, 4.69) is 10.0 Å². The molecule has 2 N–H and O–H groups in total. The molecule has 25 heavy (non-hydrogen) atoms. The van der Waals surface area contributed by atoms with E-state index in [-0.39, 0.29) is 10.8 Å². The first-order valence-electron chi connectivity index (χ1n) is 8.14. The molecule has 0 radical (unpaired) electrons. The minimum atomic E-state index is -3.60. The van der Waals surface area contributed by atoms with Crippen LogP contribution in [0.1, 0.15) is 37.6 Å². The molecule has 0 atom stereocenters. The smallest absolute Gasteiger partial charge is 0.251 e. The molecule has 0 aliphatic heterocycles. The molecule has 1 amide bonds. The molecule has 8 heteroatoms. The normalized spacial score (nSPS) is 12.2. The summed E-state index contributed by atoms with van der Waals surface area (Å²) in [6, 6.07) is 5.86. The van der Waals surface area contributed by atoms with E-state index < -0.39 is 15.6 Å². The van der Waals surface area contributed by atoms with Gasteiger partial charge in [0, 0.05) is 31.4 Å². The van der Waals surface area contributed by atoms with Crippen LogP contribution in [-0.2, 0) is 19.5 Å². The van der Waals surface area contributed by atoms with Gasteiger partial charge in [-0.1, -0.05) is 0 Å². The topological polar surface area (TPSA) is 93.7 Å². The lowest BCUT2D eigenvalue weighted by Crippen LogP contribution is -2.40. The molecule has 0 saturated carbocycles. The number of nitrogens with one attached hydrogen (secondary N) is 2. The Labute approximate surface area is 150 Å². The second-order valence-electron chi connectivity index (χ2n) is 6.59. The van der Waals surface area contributed by atoms with Crippen molar-refractivity contribution in [1.82, 2.24) is 10.0 Å². The molecule has 0 spiro atoms. The average molecular weight is 372 g/mol. The number of rotatable bonds is 10. The third kappa shape index (κ3) is 8.44. The maximum Gasteiger partial charge on any atom is 0.251 e. The summed E-state index contributed by atoms with van der Waals surface area (Å²) in [5.41, 5.74) is -0.157. The van der Waals surface area contributed by atoms with E-state index in [0.717, 1.165) is 0 Å². The SMILES string of the molecule is COCCOCCCNC(=O)c1ccc(S(=O)(=O)NC(C)(C)C)cc1. The van der Waals surface area contributed by atoms with Crippen LogP contribution in [0, 0.1) is 0 Å². The van der Waals surface area contributed by atoms with Gasteiger partial charge < -0.3 is 14.8 Å². The van der Waals surface area contributed by atoms with Gasteiger partial charge in [0.2, 0.25) is 10.0 Å². The molecule has 0 fully saturated rings. The van der Waals surface area contributed by atoms with Crippen LogP contribution in [0.5, 0.6) is 0 Å². The minimum Gasteiger partial charge on any atom is -0.382 e. The standard InChI is InChI=1S/C17H28N2O5S/c1-17(2,3)19-25(21,22)15-8-6-14(7-9-15)16(20)18-10-5-11-24-13-12-23-4/h6-9,19H,5,10-13H2,1-4H3,(H,18,20). The highest BCUT2D eigenvalue weighted by Crippen LogP contribution is 2.13. The Morgan fingerprint density at radius 3 is 2.28 bits per heavy atom. The van der Waals surface area contributed by atoms with E-state index >= 15 is 0 Å². The molecule has 7 nitrogen and oxygen atoms in total. The fourth-order valence-electron chi connectivity index (χ4n) is 1.97. The number of benzene rings is 1. The summed E-state index contributed by atoms with van der Waals surface area (Å²) >= 11 is 0. The van der Waals surface area contributed by atoms with Gasteiger partial charge in [0.1, 0.15) is 0 Å². The van der Waals surface area contributed by atoms with Crippen molar-refractivity contribution in [3.8, 4) is 0 Å². The summed E-state index contributed by atoms with van der Waals surface area (Å²) in [5.74, 6) is -0.246. The third-order valence-corrected chi connectivity index (χ3v) is 4.82. The molecule has 0 aromatic heterocycles. The van der Waals surface area contributed by atoms with Crippen LogP contribution in [0.4, 0.5) is 0 Å². The second-order valence-corrected chi connectivity index (χ2v) is 8.28. The van der Waals surface area contributed by atoms with Gasteiger partial charge in [-0.15, -0.1) is 0 Å². The summed E-state index contributed by atoms with van der Waals surface area (Å²) in [6.07, 6.45) is 0.692. The summed E-state index contributed by atoms with van der Waals surface area (Å²) < 4.78 is 37.2. The summed E-state index contributed by atoms with van der Waals surface area (Å²) in [7, 11) is -1.99. The Kier molecular flexibility index (Phi) is 8.51. The number of methoxy groups -OCH3 is 1. The van der Waals surface area contributed by atoms with Crippen LogP contribution in [0.3, 0.4) is 0 Å². The van der Waals surface area contributed by atoms with Crippen LogP contribution in [0.15, 0.2) is 29.2 Å². The summed E-state index contributed by atoms with van der Waals surface area (Å²) in [5, 5.41) is 2.77. The van der Waals surface area contributed by atoms with E-state index in [9.17, 15) is 13.2 Å². The number of carbonyl (C=O) groups excluding carboxylic acids is 1.